The largest absolute Gasteiger partial charge is 0.255 e. The molecule has 80 valence electrons. The summed E-state index contributed by atoms with van der Waals surface area (Å²) in [6.07, 6.45) is 8.50. The first kappa shape index (κ1) is 9.80. The zero-order chi connectivity index (χ0) is 11.7. The zero-order valence-electron chi connectivity index (χ0n) is 9.22. The van der Waals surface area contributed by atoms with Gasteiger partial charge in [0.15, 0.2) is 0 Å². The molecule has 0 amide bonds. The number of rotatable bonds is 0. The fourth-order valence-electron chi connectivity index (χ4n) is 2.13. The van der Waals surface area contributed by atoms with Crippen molar-refractivity contribution in [3.8, 4) is 6.07 Å². The third-order valence-corrected chi connectivity index (χ3v) is 2.97. The molecule has 0 N–H and O–H groups in total. The first-order valence-corrected chi connectivity index (χ1v) is 5.52. The third kappa shape index (κ3) is 1.62. The molecule has 2 nitrogen and oxygen atoms in total. The predicted molar refractivity (Wildman–Crippen MR) is 68.4 cm³/mol. The van der Waals surface area contributed by atoms with Gasteiger partial charge in [-0.2, -0.15) is 5.26 Å². The SMILES string of the molecule is N#CC1=CN=C2C(=CC=Cc3ccccc32)C1. The Kier molecular flexibility index (Phi) is 2.23. The highest BCUT2D eigenvalue weighted by atomic mass is 14.7. The number of allylic oxidation sites excluding steroid dienone is 4. The average molecular weight is 218 g/mol. The van der Waals surface area contributed by atoms with E-state index in [4.69, 9.17) is 5.26 Å². The molecule has 0 saturated heterocycles. The number of nitrogens with zero attached hydrogens (tertiary/aromatic N) is 2. The van der Waals surface area contributed by atoms with Crippen LogP contribution in [-0.2, 0) is 0 Å². The first-order chi connectivity index (χ1) is 8.38. The Hall–Kier alpha value is -2.40. The minimum absolute atomic E-state index is 0.675. The van der Waals surface area contributed by atoms with Gasteiger partial charge < -0.3 is 0 Å². The molecule has 17 heavy (non-hydrogen) atoms. The van der Waals surface area contributed by atoms with Crippen LogP contribution in [0.5, 0.6) is 0 Å². The van der Waals surface area contributed by atoms with E-state index in [1.54, 1.807) is 6.20 Å². The Morgan fingerprint density at radius 1 is 1.24 bits per heavy atom. The van der Waals surface area contributed by atoms with Gasteiger partial charge in [-0.3, -0.25) is 4.99 Å². The van der Waals surface area contributed by atoms with Gasteiger partial charge in [0.05, 0.1) is 17.4 Å². The van der Waals surface area contributed by atoms with E-state index in [1.165, 1.54) is 5.56 Å². The molecule has 0 spiro atoms. The van der Waals surface area contributed by atoms with Crippen molar-refractivity contribution in [3.63, 3.8) is 0 Å². The van der Waals surface area contributed by atoms with E-state index in [9.17, 15) is 0 Å². The fraction of sp³-hybridized carbons (Fsp3) is 0.0667. The predicted octanol–water partition coefficient (Wildman–Crippen LogP) is 3.24. The first-order valence-electron chi connectivity index (χ1n) is 5.52. The summed E-state index contributed by atoms with van der Waals surface area (Å²) < 4.78 is 0. The second-order valence-corrected chi connectivity index (χ2v) is 4.06. The van der Waals surface area contributed by atoms with Crippen LogP contribution in [0.1, 0.15) is 17.5 Å². The summed E-state index contributed by atoms with van der Waals surface area (Å²) in [6.45, 7) is 0. The summed E-state index contributed by atoms with van der Waals surface area (Å²) in [5, 5.41) is 8.91. The maximum Gasteiger partial charge on any atom is 0.0966 e. The standard InChI is InChI=1S/C15H10N2/c16-9-11-8-13-6-3-5-12-4-1-2-7-14(12)15(13)17-10-11/h1-7,10H,8H2. The summed E-state index contributed by atoms with van der Waals surface area (Å²) in [7, 11) is 0. The van der Waals surface area contributed by atoms with E-state index in [0.29, 0.717) is 12.0 Å². The second-order valence-electron chi connectivity index (χ2n) is 4.06. The van der Waals surface area contributed by atoms with E-state index in [0.717, 1.165) is 16.8 Å². The molecule has 3 rings (SSSR count). The number of hydrogen-bond acceptors (Lipinski definition) is 2. The Labute approximate surface area is 99.9 Å². The van der Waals surface area contributed by atoms with Crippen molar-refractivity contribution >= 4 is 11.8 Å². The number of benzene rings is 1. The van der Waals surface area contributed by atoms with Crippen molar-refractivity contribution in [3.05, 3.63) is 64.9 Å². The molecule has 2 aliphatic rings. The highest BCUT2D eigenvalue weighted by molar-refractivity contribution is 6.16. The average Bonchev–Trinajstić information content (AvgIpc) is 2.57. The molecule has 2 heteroatoms. The molecule has 1 aliphatic carbocycles. The molecule has 0 atom stereocenters. The maximum absolute atomic E-state index is 8.91. The Balaban J connectivity index is 2.21. The van der Waals surface area contributed by atoms with E-state index >= 15 is 0 Å². The van der Waals surface area contributed by atoms with Crippen LogP contribution in [0.4, 0.5) is 0 Å². The number of hydrogen-bond donors (Lipinski definition) is 0. The van der Waals surface area contributed by atoms with Crippen molar-refractivity contribution in [2.45, 2.75) is 6.42 Å². The van der Waals surface area contributed by atoms with Crippen molar-refractivity contribution in [2.24, 2.45) is 4.99 Å². The molecular weight excluding hydrogens is 208 g/mol. The highest BCUT2D eigenvalue weighted by Crippen LogP contribution is 2.26. The topological polar surface area (TPSA) is 36.1 Å². The zero-order valence-corrected chi connectivity index (χ0v) is 9.22. The van der Waals surface area contributed by atoms with Crippen LogP contribution in [0, 0.1) is 11.3 Å². The van der Waals surface area contributed by atoms with E-state index < -0.39 is 0 Å². The van der Waals surface area contributed by atoms with Crippen molar-refractivity contribution in [1.82, 2.24) is 0 Å². The molecule has 1 aromatic rings. The van der Waals surface area contributed by atoms with Gasteiger partial charge >= 0.3 is 0 Å². The quantitative estimate of drug-likeness (QED) is 0.658. The van der Waals surface area contributed by atoms with E-state index in [1.807, 2.05) is 24.3 Å². The molecule has 0 saturated carbocycles. The smallest absolute Gasteiger partial charge is 0.0966 e. The Morgan fingerprint density at radius 2 is 2.12 bits per heavy atom. The van der Waals surface area contributed by atoms with Crippen LogP contribution in [0.3, 0.4) is 0 Å². The molecule has 1 aromatic carbocycles. The van der Waals surface area contributed by atoms with Crippen LogP contribution in [0.25, 0.3) is 6.08 Å². The Bertz CT molecular complexity index is 637. The van der Waals surface area contributed by atoms with E-state index in [-0.39, 0.29) is 0 Å². The molecule has 0 unspecified atom stereocenters. The summed E-state index contributed by atoms with van der Waals surface area (Å²) in [4.78, 5) is 4.43. The summed E-state index contributed by atoms with van der Waals surface area (Å²) in [5.41, 5.74) is 5.13. The van der Waals surface area contributed by atoms with Gasteiger partial charge in [-0.05, 0) is 11.1 Å². The highest BCUT2D eigenvalue weighted by Gasteiger charge is 2.18. The molecular formula is C15H10N2. The maximum atomic E-state index is 8.91. The monoisotopic (exact) mass is 218 g/mol. The van der Waals surface area contributed by atoms with E-state index in [2.05, 4.69) is 29.3 Å². The molecule has 1 heterocycles. The van der Waals surface area contributed by atoms with Crippen molar-refractivity contribution < 1.29 is 0 Å². The molecule has 0 fully saturated rings. The number of fused-ring (bicyclic) bond motifs is 3. The van der Waals surface area contributed by atoms with Gasteiger partial charge in [0.1, 0.15) is 0 Å². The van der Waals surface area contributed by atoms with Gasteiger partial charge in [0.25, 0.3) is 0 Å². The van der Waals surface area contributed by atoms with Crippen LogP contribution in [0.2, 0.25) is 0 Å². The van der Waals surface area contributed by atoms with Crippen molar-refractivity contribution in [2.75, 3.05) is 0 Å². The summed E-state index contributed by atoms with van der Waals surface area (Å²) in [5.74, 6) is 0. The molecule has 0 bridgehead atoms. The lowest BCUT2D eigenvalue weighted by Crippen LogP contribution is -2.09. The second kappa shape index (κ2) is 3.88. The third-order valence-electron chi connectivity index (χ3n) is 2.97. The fourth-order valence-corrected chi connectivity index (χ4v) is 2.13. The van der Waals surface area contributed by atoms with Gasteiger partial charge in [0.2, 0.25) is 0 Å². The van der Waals surface area contributed by atoms with Gasteiger partial charge in [-0.1, -0.05) is 42.5 Å². The van der Waals surface area contributed by atoms with Crippen LogP contribution < -0.4 is 0 Å². The minimum Gasteiger partial charge on any atom is -0.255 e. The minimum atomic E-state index is 0.675. The Morgan fingerprint density at radius 3 is 3.00 bits per heavy atom. The lowest BCUT2D eigenvalue weighted by Gasteiger charge is -2.14. The number of nitriles is 1. The molecule has 0 aromatic heterocycles. The molecule has 0 radical (unpaired) electrons. The van der Waals surface area contributed by atoms with Crippen LogP contribution >= 0.6 is 0 Å². The van der Waals surface area contributed by atoms with Gasteiger partial charge in [-0.25, -0.2) is 0 Å². The summed E-state index contributed by atoms with van der Waals surface area (Å²) in [6, 6.07) is 10.4. The molecule has 1 aliphatic heterocycles. The lowest BCUT2D eigenvalue weighted by molar-refractivity contribution is 1.17. The summed E-state index contributed by atoms with van der Waals surface area (Å²) >= 11 is 0. The normalized spacial score (nSPS) is 16.8. The van der Waals surface area contributed by atoms with Crippen molar-refractivity contribution in [1.29, 1.82) is 5.26 Å². The van der Waals surface area contributed by atoms with Crippen LogP contribution in [-0.4, -0.2) is 5.71 Å². The van der Waals surface area contributed by atoms with Gasteiger partial charge in [0, 0.05) is 18.2 Å². The number of aliphatic imine (C=N–C) groups is 1. The van der Waals surface area contributed by atoms with Crippen LogP contribution in [0.15, 0.2) is 58.8 Å². The van der Waals surface area contributed by atoms with Gasteiger partial charge in [-0.15, -0.1) is 0 Å². The lowest BCUT2D eigenvalue weighted by atomic mass is 9.93.